The second-order valence-corrected chi connectivity index (χ2v) is 20.6. The van der Waals surface area contributed by atoms with Crippen LogP contribution in [0.2, 0.25) is 0 Å². The second-order valence-electron chi connectivity index (χ2n) is 16.4. The number of ether oxygens (including phenoxy) is 2. The van der Waals surface area contributed by atoms with Gasteiger partial charge in [-0.25, -0.2) is 9.98 Å². The molecule has 306 valence electrons. The molecule has 0 amide bonds. The molecule has 11 rings (SSSR count). The van der Waals surface area contributed by atoms with Gasteiger partial charge in [0.15, 0.2) is 34.6 Å². The Kier molecular flexibility index (Phi) is 9.48. The summed E-state index contributed by atoms with van der Waals surface area (Å²) in [6.45, 7) is -0.197. The highest BCUT2D eigenvalue weighted by atomic mass is 32.1. The first-order chi connectivity index (χ1) is 29.7. The average Bonchev–Trinajstić information content (AvgIpc) is 4.15. The molecular weight excluding hydrogens is 849 g/mol. The van der Waals surface area contributed by atoms with Crippen molar-refractivity contribution in [1.29, 1.82) is 0 Å². The molecule has 0 bridgehead atoms. The lowest BCUT2D eigenvalue weighted by molar-refractivity contribution is -0.164. The molecule has 4 atom stereocenters. The quantitative estimate of drug-likeness (QED) is 0.108. The molecule has 5 aliphatic rings. The summed E-state index contributed by atoms with van der Waals surface area (Å²) >= 11 is 5.44. The number of hydrogen-bond donors (Lipinski definition) is 0. The van der Waals surface area contributed by atoms with Gasteiger partial charge in [0.2, 0.25) is 5.41 Å². The third kappa shape index (κ3) is 6.04. The zero-order valence-corrected chi connectivity index (χ0v) is 35.9. The molecule has 4 saturated carbocycles. The number of esters is 2. The van der Waals surface area contributed by atoms with Gasteiger partial charge in [-0.15, -0.1) is 45.3 Å². The van der Waals surface area contributed by atoms with E-state index in [1.165, 1.54) is 45.3 Å². The number of fused-ring (bicyclic) bond motifs is 9. The van der Waals surface area contributed by atoms with Crippen LogP contribution in [0.3, 0.4) is 0 Å². The number of thiophene rings is 4. The third-order valence-corrected chi connectivity index (χ3v) is 18.0. The number of hydrogen-bond acceptors (Lipinski definition) is 14. The number of Topliss-reactive ketones (excluding diaryl/α,β-unsaturated/α-hetero) is 4. The highest BCUT2D eigenvalue weighted by Gasteiger charge is 2.61. The van der Waals surface area contributed by atoms with Crippen LogP contribution >= 0.6 is 45.3 Å². The van der Waals surface area contributed by atoms with Crippen LogP contribution in [-0.2, 0) is 56.9 Å². The van der Waals surface area contributed by atoms with Crippen molar-refractivity contribution in [3.63, 3.8) is 0 Å². The Morgan fingerprint density at radius 3 is 1.52 bits per heavy atom. The predicted octanol–water partition coefficient (Wildman–Crippen LogP) is 10.1. The van der Waals surface area contributed by atoms with Crippen LogP contribution in [0.5, 0.6) is 0 Å². The monoisotopic (exact) mass is 884 g/mol. The van der Waals surface area contributed by atoms with Crippen molar-refractivity contribution in [2.45, 2.75) is 70.0 Å². The zero-order valence-electron chi connectivity index (χ0n) is 32.6. The van der Waals surface area contributed by atoms with E-state index in [0.717, 1.165) is 50.9 Å². The molecule has 5 aliphatic carbocycles. The molecule has 4 aromatic heterocycles. The molecule has 61 heavy (non-hydrogen) atoms. The summed E-state index contributed by atoms with van der Waals surface area (Å²) in [4.78, 5) is 94.8. The molecule has 0 aliphatic heterocycles. The summed E-state index contributed by atoms with van der Waals surface area (Å²) in [7, 11) is 0. The minimum Gasteiger partial charge on any atom is -0.459 e. The Balaban J connectivity index is 1.06. The van der Waals surface area contributed by atoms with Crippen molar-refractivity contribution in [3.8, 4) is 9.75 Å². The molecule has 2 aromatic carbocycles. The lowest BCUT2D eigenvalue weighted by Crippen LogP contribution is -2.45. The largest absolute Gasteiger partial charge is 0.459 e. The minimum absolute atomic E-state index is 0.0351. The number of ketones is 4. The van der Waals surface area contributed by atoms with Gasteiger partial charge < -0.3 is 9.47 Å². The molecule has 4 fully saturated rings. The van der Waals surface area contributed by atoms with Crippen molar-refractivity contribution >= 4 is 121 Å². The van der Waals surface area contributed by atoms with E-state index in [2.05, 4.69) is 4.99 Å². The van der Waals surface area contributed by atoms with Gasteiger partial charge in [0.05, 0.1) is 23.9 Å². The maximum Gasteiger partial charge on any atom is 0.333 e. The van der Waals surface area contributed by atoms with E-state index in [1.54, 1.807) is 6.07 Å². The SMILES string of the molecule is O=C1C(=Nc2cc3c(s2)-c2sc4c(sc5cc(N=C6C(=O)C7CCCCC7C6=O)sc54)c2C3(C(=O)OCc2ccccc2)C(=O)OCc2ccccc2)C(=O)C2CCCCC12. The molecule has 0 radical (unpaired) electrons. The van der Waals surface area contributed by atoms with Crippen LogP contribution in [-0.4, -0.2) is 46.5 Å². The number of carbonyl (C=O) groups excluding carboxylic acids is 6. The van der Waals surface area contributed by atoms with E-state index in [-0.39, 0.29) is 71.4 Å². The molecule has 6 aromatic rings. The van der Waals surface area contributed by atoms with Crippen LogP contribution in [0.4, 0.5) is 10.0 Å². The highest BCUT2D eigenvalue weighted by Crippen LogP contribution is 2.63. The third-order valence-electron chi connectivity index (χ3n) is 13.0. The summed E-state index contributed by atoms with van der Waals surface area (Å²) in [5.41, 5.74) is 0.171. The fourth-order valence-corrected chi connectivity index (χ4v) is 15.5. The number of carbonyl (C=O) groups is 6. The standard InChI is InChI=1S/C47H36N2O8S4/c50-36-25-15-7-8-16-26(25)37(51)34(36)48-31-19-29-40(59-31)42-33(47(29,45(54)56-21-23-11-3-1-4-12-23)46(55)57-22-24-13-5-2-6-14-24)43-44(61-42)41-30(58-43)20-32(60-41)49-35-38(52)27-17-9-10-18-28(27)39(35)53/h1-6,11-14,19-20,25-28H,7-10,15-18,21-22H2. The van der Waals surface area contributed by atoms with Crippen LogP contribution in [0.25, 0.3) is 28.6 Å². The van der Waals surface area contributed by atoms with Crippen molar-refractivity contribution < 1.29 is 38.2 Å². The number of aliphatic imine (C=N–C) groups is 2. The van der Waals surface area contributed by atoms with Gasteiger partial charge in [0.25, 0.3) is 0 Å². The number of rotatable bonds is 8. The number of benzene rings is 2. The Morgan fingerprint density at radius 1 is 0.557 bits per heavy atom. The van der Waals surface area contributed by atoms with E-state index < -0.39 is 17.4 Å². The van der Waals surface area contributed by atoms with Crippen LogP contribution in [0.1, 0.15) is 73.6 Å². The van der Waals surface area contributed by atoms with E-state index in [9.17, 15) is 19.2 Å². The summed E-state index contributed by atoms with van der Waals surface area (Å²) < 4.78 is 15.5. The summed E-state index contributed by atoms with van der Waals surface area (Å²) in [5.74, 6) is -3.72. The maximum atomic E-state index is 15.1. The molecule has 10 nitrogen and oxygen atoms in total. The Bertz CT molecular complexity index is 2830. The van der Waals surface area contributed by atoms with E-state index in [1.807, 2.05) is 66.7 Å². The summed E-state index contributed by atoms with van der Waals surface area (Å²) in [6.07, 6.45) is 6.39. The van der Waals surface area contributed by atoms with Crippen LogP contribution in [0, 0.1) is 23.7 Å². The molecule has 0 N–H and O–H groups in total. The fraction of sp³-hybridized carbons (Fsp3) is 0.319. The maximum absolute atomic E-state index is 15.1. The molecular formula is C47H36N2O8S4. The number of nitrogens with zero attached hydrogens (tertiary/aromatic N) is 2. The lowest BCUT2D eigenvalue weighted by Gasteiger charge is -2.26. The second kappa shape index (κ2) is 15.0. The predicted molar refractivity (Wildman–Crippen MR) is 237 cm³/mol. The Morgan fingerprint density at radius 2 is 1.03 bits per heavy atom. The van der Waals surface area contributed by atoms with Gasteiger partial charge in [0.1, 0.15) is 23.2 Å². The first kappa shape index (κ1) is 38.6. The van der Waals surface area contributed by atoms with Gasteiger partial charge in [-0.05, 0) is 48.9 Å². The molecule has 0 saturated heterocycles. The first-order valence-corrected chi connectivity index (χ1v) is 23.9. The van der Waals surface area contributed by atoms with Crippen LogP contribution < -0.4 is 0 Å². The van der Waals surface area contributed by atoms with Crippen molar-refractivity contribution in [3.05, 3.63) is 95.1 Å². The van der Waals surface area contributed by atoms with Gasteiger partial charge in [-0.2, -0.15) is 0 Å². The lowest BCUT2D eigenvalue weighted by atomic mass is 9.79. The van der Waals surface area contributed by atoms with Gasteiger partial charge in [0, 0.05) is 39.5 Å². The normalized spacial score (nSPS) is 22.7. The van der Waals surface area contributed by atoms with E-state index in [0.29, 0.717) is 61.3 Å². The topological polar surface area (TPSA) is 146 Å². The first-order valence-electron chi connectivity index (χ1n) is 20.6. The Labute approximate surface area is 365 Å². The Hall–Kier alpha value is -5.28. The van der Waals surface area contributed by atoms with Gasteiger partial charge >= 0.3 is 11.9 Å². The van der Waals surface area contributed by atoms with E-state index >= 15 is 9.59 Å². The average molecular weight is 885 g/mol. The van der Waals surface area contributed by atoms with Crippen molar-refractivity contribution in [2.24, 2.45) is 33.7 Å². The minimum atomic E-state index is -2.08. The molecule has 14 heteroatoms. The zero-order chi connectivity index (χ0) is 41.6. The highest BCUT2D eigenvalue weighted by molar-refractivity contribution is 7.41. The van der Waals surface area contributed by atoms with Gasteiger partial charge in [-0.1, -0.05) is 86.3 Å². The summed E-state index contributed by atoms with van der Waals surface area (Å²) in [6, 6.07) is 22.0. The van der Waals surface area contributed by atoms with Crippen molar-refractivity contribution in [2.75, 3.05) is 0 Å². The molecule has 4 heterocycles. The van der Waals surface area contributed by atoms with E-state index in [4.69, 9.17) is 14.5 Å². The van der Waals surface area contributed by atoms with Crippen molar-refractivity contribution in [1.82, 2.24) is 0 Å². The van der Waals surface area contributed by atoms with Gasteiger partial charge in [-0.3, -0.25) is 28.8 Å². The molecule has 0 spiro atoms. The smallest absolute Gasteiger partial charge is 0.333 e. The molecule has 4 unspecified atom stereocenters. The summed E-state index contributed by atoms with van der Waals surface area (Å²) in [5, 5.41) is 0.883. The van der Waals surface area contributed by atoms with Crippen LogP contribution in [0.15, 0.2) is 82.8 Å². The fourth-order valence-electron chi connectivity index (χ4n) is 10.0.